The zero-order valence-corrected chi connectivity index (χ0v) is 31.1. The Morgan fingerprint density at radius 3 is 2.49 bits per heavy atom. The number of aromatic nitrogens is 3. The average molecular weight is 710 g/mol. The summed E-state index contributed by atoms with van der Waals surface area (Å²) >= 11 is 0. The van der Waals surface area contributed by atoms with Crippen molar-refractivity contribution in [2.24, 2.45) is 5.92 Å². The van der Waals surface area contributed by atoms with E-state index in [1.165, 1.54) is 93.8 Å². The molecule has 2 atom stereocenters. The van der Waals surface area contributed by atoms with Crippen molar-refractivity contribution in [1.82, 2.24) is 4.40 Å². The SMILES string of the molecule is C=C1[n+]2ccccc2-c2ccccc2CCC2c3cc4c(cc3-c3cc(CC(C)C)cc5[n+]3C12C5)c1cc2c3ccccc3oc2c2c3ccccc3n4c12. The number of hydrogen-bond donors (Lipinski definition) is 0. The molecule has 0 amide bonds. The molecule has 0 bridgehead atoms. The lowest BCUT2D eigenvalue weighted by Gasteiger charge is -2.45. The van der Waals surface area contributed by atoms with Gasteiger partial charge in [-0.15, -0.1) is 0 Å². The first-order chi connectivity index (χ1) is 27.0. The summed E-state index contributed by atoms with van der Waals surface area (Å²) in [4.78, 5) is 0. The molecule has 4 heteroatoms. The van der Waals surface area contributed by atoms with E-state index in [0.29, 0.717) is 5.92 Å². The van der Waals surface area contributed by atoms with Crippen LogP contribution in [0.3, 0.4) is 0 Å². The number of nitrogens with zero attached hydrogens (tertiary/aromatic N) is 3. The van der Waals surface area contributed by atoms with E-state index in [2.05, 4.69) is 155 Å². The van der Waals surface area contributed by atoms with Gasteiger partial charge in [-0.3, -0.25) is 0 Å². The number of rotatable bonds is 2. The minimum absolute atomic E-state index is 0.231. The highest BCUT2D eigenvalue weighted by Crippen LogP contribution is 2.56. The monoisotopic (exact) mass is 709 g/mol. The van der Waals surface area contributed by atoms with Gasteiger partial charge in [0.15, 0.2) is 11.9 Å². The summed E-state index contributed by atoms with van der Waals surface area (Å²) < 4.78 is 14.4. The van der Waals surface area contributed by atoms with Gasteiger partial charge in [-0.1, -0.05) is 68.4 Å². The van der Waals surface area contributed by atoms with Crippen LogP contribution in [-0.2, 0) is 24.8 Å². The minimum atomic E-state index is -0.288. The van der Waals surface area contributed by atoms with Gasteiger partial charge in [-0.25, -0.2) is 0 Å². The van der Waals surface area contributed by atoms with Gasteiger partial charge in [-0.2, -0.15) is 9.13 Å². The zero-order chi connectivity index (χ0) is 36.3. The summed E-state index contributed by atoms with van der Waals surface area (Å²) in [6.07, 6.45) is 6.31. The number of furan rings is 1. The molecule has 13 rings (SSSR count). The van der Waals surface area contributed by atoms with Crippen LogP contribution in [0.4, 0.5) is 0 Å². The molecule has 0 aliphatic carbocycles. The molecule has 4 nitrogen and oxygen atoms in total. The summed E-state index contributed by atoms with van der Waals surface area (Å²) in [5, 5.41) is 7.41. The molecule has 0 N–H and O–H groups in total. The van der Waals surface area contributed by atoms with Crippen LogP contribution in [0.5, 0.6) is 0 Å². The van der Waals surface area contributed by atoms with E-state index < -0.39 is 0 Å². The maximum absolute atomic E-state index is 6.73. The molecular formula is C51H39N3O+2. The minimum Gasteiger partial charge on any atom is -0.455 e. The molecule has 0 saturated heterocycles. The third kappa shape index (κ3) is 3.64. The Morgan fingerprint density at radius 1 is 0.764 bits per heavy atom. The number of benzene rings is 5. The predicted octanol–water partition coefficient (Wildman–Crippen LogP) is 11.3. The van der Waals surface area contributed by atoms with E-state index in [1.807, 2.05) is 0 Å². The Hall–Kier alpha value is -6.26. The van der Waals surface area contributed by atoms with E-state index in [4.69, 9.17) is 11.0 Å². The topological polar surface area (TPSA) is 25.3 Å². The van der Waals surface area contributed by atoms with E-state index in [1.54, 1.807) is 0 Å². The molecule has 0 fully saturated rings. The zero-order valence-electron chi connectivity index (χ0n) is 31.1. The molecule has 1 spiro atoms. The molecule has 10 aromatic rings. The number of aryl methyl sites for hydroxylation is 1. The van der Waals surface area contributed by atoms with Crippen LogP contribution in [0.1, 0.15) is 48.6 Å². The summed E-state index contributed by atoms with van der Waals surface area (Å²) in [6, 6.07) is 45.6. The highest BCUT2D eigenvalue weighted by molar-refractivity contribution is 6.33. The first kappa shape index (κ1) is 30.1. The third-order valence-corrected chi connectivity index (χ3v) is 13.5. The Bertz CT molecular complexity index is 3340. The number of fused-ring (bicyclic) bond motifs is 16. The van der Waals surface area contributed by atoms with E-state index in [-0.39, 0.29) is 11.5 Å². The Balaban J connectivity index is 1.17. The van der Waals surface area contributed by atoms with Crippen molar-refractivity contribution < 1.29 is 13.6 Å². The summed E-state index contributed by atoms with van der Waals surface area (Å²) in [5.41, 5.74) is 17.5. The second-order valence-corrected chi connectivity index (χ2v) is 16.9. The molecule has 55 heavy (non-hydrogen) atoms. The van der Waals surface area contributed by atoms with Gasteiger partial charge < -0.3 is 8.82 Å². The fourth-order valence-electron chi connectivity index (χ4n) is 11.4. The van der Waals surface area contributed by atoms with Crippen molar-refractivity contribution in [3.63, 3.8) is 0 Å². The molecule has 3 aliphatic heterocycles. The van der Waals surface area contributed by atoms with Gasteiger partial charge in [0.1, 0.15) is 17.6 Å². The van der Waals surface area contributed by atoms with Crippen molar-refractivity contribution in [2.75, 3.05) is 0 Å². The molecule has 5 aromatic carbocycles. The molecule has 0 radical (unpaired) electrons. The van der Waals surface area contributed by atoms with Gasteiger partial charge >= 0.3 is 0 Å². The Morgan fingerprint density at radius 2 is 1.58 bits per heavy atom. The van der Waals surface area contributed by atoms with Crippen LogP contribution < -0.4 is 9.13 Å². The highest BCUT2D eigenvalue weighted by atomic mass is 16.3. The summed E-state index contributed by atoms with van der Waals surface area (Å²) in [5.74, 6) is 0.805. The smallest absolute Gasteiger partial charge is 0.267 e. The molecular weight excluding hydrogens is 671 g/mol. The van der Waals surface area contributed by atoms with Gasteiger partial charge in [0.2, 0.25) is 11.4 Å². The van der Waals surface area contributed by atoms with E-state index >= 15 is 0 Å². The maximum Gasteiger partial charge on any atom is 0.267 e. The lowest BCUT2D eigenvalue weighted by molar-refractivity contribution is -0.809. The molecule has 2 unspecified atom stereocenters. The first-order valence-electron chi connectivity index (χ1n) is 19.9. The van der Waals surface area contributed by atoms with Crippen LogP contribution in [0, 0.1) is 5.92 Å². The van der Waals surface area contributed by atoms with Crippen molar-refractivity contribution >= 4 is 65.7 Å². The summed E-state index contributed by atoms with van der Waals surface area (Å²) in [7, 11) is 0. The van der Waals surface area contributed by atoms with Crippen LogP contribution in [0.2, 0.25) is 0 Å². The molecule has 5 aromatic heterocycles. The normalized spacial score (nSPS) is 18.7. The second kappa shape index (κ2) is 10.3. The van der Waals surface area contributed by atoms with Crippen LogP contribution in [0.25, 0.3) is 88.2 Å². The van der Waals surface area contributed by atoms with Crippen molar-refractivity contribution in [2.45, 2.75) is 51.0 Å². The van der Waals surface area contributed by atoms with Crippen molar-refractivity contribution in [3.05, 3.63) is 156 Å². The quantitative estimate of drug-likeness (QED) is 0.164. The maximum atomic E-state index is 6.73. The lowest BCUT2D eigenvalue weighted by atomic mass is 9.63. The number of allylic oxidation sites excluding steroid dienone is 1. The van der Waals surface area contributed by atoms with Crippen LogP contribution in [-0.4, -0.2) is 4.40 Å². The highest BCUT2D eigenvalue weighted by Gasteiger charge is 2.68. The van der Waals surface area contributed by atoms with Gasteiger partial charge in [0.05, 0.1) is 33.4 Å². The molecule has 8 heterocycles. The summed E-state index contributed by atoms with van der Waals surface area (Å²) in [6.45, 7) is 9.73. The molecule has 3 aliphatic rings. The number of hydrogen-bond acceptors (Lipinski definition) is 1. The fraction of sp³-hybridized carbons (Fsp3) is 0.176. The second-order valence-electron chi connectivity index (χ2n) is 16.9. The third-order valence-electron chi connectivity index (χ3n) is 13.5. The van der Waals surface area contributed by atoms with Gasteiger partial charge in [-0.05, 0) is 90.9 Å². The average Bonchev–Trinajstić information content (AvgIpc) is 3.85. The standard InChI is InChI=1S/C51H39N3O/c1-29(2)22-31-23-33-28-51-30(3)52-21-11-10-16-43(52)34-13-5-4-12-32(34)19-20-42(51)37-27-45-39(25-38(37)46(24-31)54(33)51)40-26-41-35-14-7-9-18-47(35)55-50(41)48-36-15-6-8-17-44(36)53(45)49(40)48/h4-18,21,23-27,29,42H,3,19-20,22,28H2,1-2H3/q+2. The van der Waals surface area contributed by atoms with E-state index in [0.717, 1.165) is 42.5 Å². The first-order valence-corrected chi connectivity index (χ1v) is 19.9. The van der Waals surface area contributed by atoms with Crippen molar-refractivity contribution in [1.29, 1.82) is 0 Å². The van der Waals surface area contributed by atoms with Crippen LogP contribution in [0.15, 0.2) is 139 Å². The van der Waals surface area contributed by atoms with Crippen molar-refractivity contribution in [3.8, 4) is 22.5 Å². The predicted molar refractivity (Wildman–Crippen MR) is 223 cm³/mol. The molecule has 0 saturated carbocycles. The number of para-hydroxylation sites is 2. The van der Waals surface area contributed by atoms with Gasteiger partial charge in [0, 0.05) is 56.8 Å². The number of pyridine rings is 2. The Kier molecular flexibility index (Phi) is 5.63. The van der Waals surface area contributed by atoms with Gasteiger partial charge in [0.25, 0.3) is 11.2 Å². The molecule has 262 valence electrons. The van der Waals surface area contributed by atoms with Crippen LogP contribution >= 0.6 is 0 Å². The largest absolute Gasteiger partial charge is 0.455 e. The fourth-order valence-corrected chi connectivity index (χ4v) is 11.4. The van der Waals surface area contributed by atoms with E-state index in [9.17, 15) is 0 Å². The lowest BCUT2D eigenvalue weighted by Crippen LogP contribution is -2.76. The Labute approximate surface area is 318 Å².